The van der Waals surface area contributed by atoms with Gasteiger partial charge in [0.15, 0.2) is 11.6 Å². The standard InChI is InChI=1S/C19H27F2O/c1-3-5-13-22-17-12-11-16(18(20)19(17)21)15-9-7-14(6-4-2)8-10-15/h11-12,14H,3-10,13H2,1-2H3. The molecule has 0 saturated heterocycles. The zero-order valence-electron chi connectivity index (χ0n) is 13.8. The third-order valence-corrected chi connectivity index (χ3v) is 4.59. The molecular weight excluding hydrogens is 282 g/mol. The fourth-order valence-electron chi connectivity index (χ4n) is 3.24. The zero-order valence-corrected chi connectivity index (χ0v) is 13.8. The molecule has 1 aromatic rings. The van der Waals surface area contributed by atoms with Crippen LogP contribution >= 0.6 is 0 Å². The van der Waals surface area contributed by atoms with Crippen LogP contribution in [-0.2, 0) is 0 Å². The van der Waals surface area contributed by atoms with Crippen molar-refractivity contribution in [2.24, 2.45) is 5.92 Å². The molecule has 0 amide bonds. The first-order chi connectivity index (χ1) is 10.7. The molecule has 0 unspecified atom stereocenters. The Balaban J connectivity index is 2.02. The number of unbranched alkanes of at least 4 members (excludes halogenated alkanes) is 1. The summed E-state index contributed by atoms with van der Waals surface area (Å²) in [4.78, 5) is 0. The van der Waals surface area contributed by atoms with Crippen molar-refractivity contribution in [3.63, 3.8) is 0 Å². The van der Waals surface area contributed by atoms with Crippen LogP contribution in [0.2, 0.25) is 0 Å². The lowest BCUT2D eigenvalue weighted by Crippen LogP contribution is -2.15. The van der Waals surface area contributed by atoms with E-state index in [9.17, 15) is 8.78 Å². The molecule has 1 nitrogen and oxygen atoms in total. The summed E-state index contributed by atoms with van der Waals surface area (Å²) >= 11 is 0. The van der Waals surface area contributed by atoms with E-state index in [0.29, 0.717) is 12.2 Å². The first-order valence-electron chi connectivity index (χ1n) is 8.63. The van der Waals surface area contributed by atoms with Gasteiger partial charge in [-0.3, -0.25) is 0 Å². The van der Waals surface area contributed by atoms with Gasteiger partial charge in [0.1, 0.15) is 0 Å². The van der Waals surface area contributed by atoms with E-state index in [2.05, 4.69) is 6.92 Å². The van der Waals surface area contributed by atoms with Crippen molar-refractivity contribution in [3.8, 4) is 5.75 Å². The van der Waals surface area contributed by atoms with E-state index in [4.69, 9.17) is 4.74 Å². The van der Waals surface area contributed by atoms with E-state index >= 15 is 0 Å². The maximum Gasteiger partial charge on any atom is 0.200 e. The molecule has 22 heavy (non-hydrogen) atoms. The Morgan fingerprint density at radius 1 is 1.05 bits per heavy atom. The Morgan fingerprint density at radius 3 is 2.41 bits per heavy atom. The van der Waals surface area contributed by atoms with Crippen LogP contribution in [0.5, 0.6) is 5.75 Å². The summed E-state index contributed by atoms with van der Waals surface area (Å²) in [7, 11) is 0. The topological polar surface area (TPSA) is 9.23 Å². The Bertz CT molecular complexity index is 465. The van der Waals surface area contributed by atoms with Gasteiger partial charge in [0.2, 0.25) is 5.82 Å². The van der Waals surface area contributed by atoms with Crippen LogP contribution in [0, 0.1) is 23.5 Å². The molecule has 123 valence electrons. The summed E-state index contributed by atoms with van der Waals surface area (Å²) in [6.07, 6.45) is 8.23. The maximum absolute atomic E-state index is 14.3. The first kappa shape index (κ1) is 17.2. The minimum atomic E-state index is -0.836. The van der Waals surface area contributed by atoms with Crippen molar-refractivity contribution in [2.45, 2.75) is 65.2 Å². The minimum Gasteiger partial charge on any atom is -0.490 e. The van der Waals surface area contributed by atoms with E-state index in [1.807, 2.05) is 6.92 Å². The van der Waals surface area contributed by atoms with E-state index in [0.717, 1.165) is 50.4 Å². The normalized spacial score (nSPS) is 16.9. The minimum absolute atomic E-state index is 0.0370. The molecule has 1 aromatic carbocycles. The van der Waals surface area contributed by atoms with Gasteiger partial charge in [0.05, 0.1) is 6.61 Å². The van der Waals surface area contributed by atoms with Crippen LogP contribution in [-0.4, -0.2) is 6.61 Å². The van der Waals surface area contributed by atoms with Crippen LogP contribution in [0.1, 0.15) is 70.8 Å². The second-order valence-electron chi connectivity index (χ2n) is 6.28. The molecule has 0 spiro atoms. The van der Waals surface area contributed by atoms with Crippen molar-refractivity contribution in [2.75, 3.05) is 6.61 Å². The number of benzene rings is 1. The van der Waals surface area contributed by atoms with Crippen LogP contribution in [0.25, 0.3) is 0 Å². The van der Waals surface area contributed by atoms with Crippen LogP contribution in [0.4, 0.5) is 8.78 Å². The molecule has 1 aliphatic carbocycles. The molecule has 0 N–H and O–H groups in total. The lowest BCUT2D eigenvalue weighted by atomic mass is 9.77. The highest BCUT2D eigenvalue weighted by Crippen LogP contribution is 2.39. The van der Waals surface area contributed by atoms with Crippen LogP contribution < -0.4 is 4.74 Å². The van der Waals surface area contributed by atoms with Gasteiger partial charge < -0.3 is 4.74 Å². The number of hydrogen-bond acceptors (Lipinski definition) is 1. The van der Waals surface area contributed by atoms with Crippen molar-refractivity contribution in [1.29, 1.82) is 0 Å². The summed E-state index contributed by atoms with van der Waals surface area (Å²) in [6.45, 7) is 4.67. The highest BCUT2D eigenvalue weighted by molar-refractivity contribution is 5.39. The van der Waals surface area contributed by atoms with Gasteiger partial charge in [0, 0.05) is 5.92 Å². The lowest BCUT2D eigenvalue weighted by Gasteiger charge is -2.28. The van der Waals surface area contributed by atoms with E-state index in [-0.39, 0.29) is 5.75 Å². The predicted molar refractivity (Wildman–Crippen MR) is 86.0 cm³/mol. The molecule has 0 atom stereocenters. The lowest BCUT2D eigenvalue weighted by molar-refractivity contribution is 0.287. The van der Waals surface area contributed by atoms with Crippen molar-refractivity contribution in [1.82, 2.24) is 0 Å². The highest BCUT2D eigenvalue weighted by atomic mass is 19.2. The van der Waals surface area contributed by atoms with Crippen molar-refractivity contribution in [3.05, 3.63) is 35.2 Å². The number of halogens is 2. The average Bonchev–Trinajstić information content (AvgIpc) is 2.53. The largest absolute Gasteiger partial charge is 0.490 e. The molecular formula is C19H27F2O. The molecule has 0 heterocycles. The van der Waals surface area contributed by atoms with Gasteiger partial charge >= 0.3 is 0 Å². The molecule has 0 bridgehead atoms. The van der Waals surface area contributed by atoms with Gasteiger partial charge in [-0.25, -0.2) is 4.39 Å². The van der Waals surface area contributed by atoms with Gasteiger partial charge in [-0.15, -0.1) is 0 Å². The monoisotopic (exact) mass is 309 g/mol. The summed E-state index contributed by atoms with van der Waals surface area (Å²) in [5.74, 6) is 0.270. The second kappa shape index (κ2) is 8.50. The third-order valence-electron chi connectivity index (χ3n) is 4.59. The molecule has 1 radical (unpaired) electrons. The molecule has 0 aromatic heterocycles. The fourth-order valence-corrected chi connectivity index (χ4v) is 3.24. The molecule has 1 saturated carbocycles. The summed E-state index contributed by atoms with van der Waals surface area (Å²) < 4.78 is 33.8. The molecule has 1 fully saturated rings. The van der Waals surface area contributed by atoms with Gasteiger partial charge in [-0.2, -0.15) is 4.39 Å². The van der Waals surface area contributed by atoms with E-state index in [1.165, 1.54) is 12.8 Å². The summed E-state index contributed by atoms with van der Waals surface area (Å²) in [5, 5.41) is 0. The smallest absolute Gasteiger partial charge is 0.200 e. The van der Waals surface area contributed by atoms with E-state index < -0.39 is 11.6 Å². The van der Waals surface area contributed by atoms with Gasteiger partial charge in [0.25, 0.3) is 0 Å². The molecule has 2 rings (SSSR count). The quantitative estimate of drug-likeness (QED) is 0.556. The Hall–Kier alpha value is -1.12. The Kier molecular flexibility index (Phi) is 6.66. The second-order valence-corrected chi connectivity index (χ2v) is 6.28. The van der Waals surface area contributed by atoms with Crippen LogP contribution in [0.15, 0.2) is 12.1 Å². The summed E-state index contributed by atoms with van der Waals surface area (Å²) in [6, 6.07) is 3.27. The third kappa shape index (κ3) is 4.21. The number of ether oxygens (including phenoxy) is 1. The maximum atomic E-state index is 14.3. The average molecular weight is 309 g/mol. The first-order valence-corrected chi connectivity index (χ1v) is 8.63. The van der Waals surface area contributed by atoms with E-state index in [1.54, 1.807) is 12.1 Å². The predicted octanol–water partition coefficient (Wildman–Crippen LogP) is 6.06. The van der Waals surface area contributed by atoms with Gasteiger partial charge in [-0.1, -0.05) is 39.2 Å². The molecule has 3 heteroatoms. The van der Waals surface area contributed by atoms with Crippen molar-refractivity contribution >= 4 is 0 Å². The van der Waals surface area contributed by atoms with Gasteiger partial charge in [-0.05, 0) is 49.7 Å². The Labute approximate surface area is 133 Å². The molecule has 0 aliphatic heterocycles. The highest BCUT2D eigenvalue weighted by Gasteiger charge is 2.26. The summed E-state index contributed by atoms with van der Waals surface area (Å²) in [5.41, 5.74) is 0.454. The van der Waals surface area contributed by atoms with Crippen LogP contribution in [0.3, 0.4) is 0 Å². The number of hydrogen-bond donors (Lipinski definition) is 0. The van der Waals surface area contributed by atoms with Crippen molar-refractivity contribution < 1.29 is 13.5 Å². The fraction of sp³-hybridized carbons (Fsp3) is 0.632. The zero-order chi connectivity index (χ0) is 15.9. The Morgan fingerprint density at radius 2 is 1.77 bits per heavy atom. The molecule has 1 aliphatic rings. The SMILES string of the molecule is CCCCOc1ccc([C]2CCC(CCC)CC2)c(F)c1F. The number of rotatable bonds is 7.